The van der Waals surface area contributed by atoms with Crippen LogP contribution < -0.4 is 4.74 Å². The lowest BCUT2D eigenvalue weighted by Crippen LogP contribution is -2.07. The number of nitrogens with zero attached hydrogens (tertiary/aromatic N) is 1. The van der Waals surface area contributed by atoms with Crippen molar-refractivity contribution in [3.8, 4) is 5.75 Å². The van der Waals surface area contributed by atoms with Gasteiger partial charge in [-0.15, -0.1) is 4.40 Å². The normalized spacial score (nSPS) is 15.6. The van der Waals surface area contributed by atoms with Gasteiger partial charge in [0.1, 0.15) is 10.6 Å². The average Bonchev–Trinajstić information content (AvgIpc) is 2.72. The van der Waals surface area contributed by atoms with Crippen LogP contribution in [-0.2, 0) is 16.4 Å². The van der Waals surface area contributed by atoms with E-state index < -0.39 is 10.0 Å². The fourth-order valence-corrected chi connectivity index (χ4v) is 3.19. The molecule has 20 heavy (non-hydrogen) atoms. The van der Waals surface area contributed by atoms with Crippen molar-refractivity contribution >= 4 is 15.9 Å². The third-order valence-corrected chi connectivity index (χ3v) is 4.46. The molecule has 0 fully saturated rings. The van der Waals surface area contributed by atoms with Gasteiger partial charge in [0.05, 0.1) is 5.56 Å². The van der Waals surface area contributed by atoms with Gasteiger partial charge in [-0.25, -0.2) is 0 Å². The van der Waals surface area contributed by atoms with Gasteiger partial charge in [0.15, 0.2) is 0 Å². The summed E-state index contributed by atoms with van der Waals surface area (Å²) < 4.78 is 33.1. The Morgan fingerprint density at radius 1 is 1.05 bits per heavy atom. The fourth-order valence-electron chi connectivity index (χ4n) is 2.05. The van der Waals surface area contributed by atoms with Crippen molar-refractivity contribution in [3.63, 3.8) is 0 Å². The molecule has 102 valence electrons. The second-order valence-corrected chi connectivity index (χ2v) is 6.04. The third kappa shape index (κ3) is 2.20. The maximum Gasteiger partial charge on any atom is 0.286 e. The second-order valence-electron chi connectivity index (χ2n) is 4.47. The first-order valence-corrected chi connectivity index (χ1v) is 7.75. The van der Waals surface area contributed by atoms with Crippen molar-refractivity contribution in [2.45, 2.75) is 18.2 Å². The summed E-state index contributed by atoms with van der Waals surface area (Å²) in [6, 6.07) is 14.2. The monoisotopic (exact) mass is 287 g/mol. The summed E-state index contributed by atoms with van der Waals surface area (Å²) in [7, 11) is -3.62. The van der Waals surface area contributed by atoms with E-state index in [0.29, 0.717) is 11.3 Å². The number of rotatable bonds is 2. The van der Waals surface area contributed by atoms with Crippen molar-refractivity contribution in [2.75, 3.05) is 0 Å². The van der Waals surface area contributed by atoms with Crippen molar-refractivity contribution < 1.29 is 13.2 Å². The maximum absolute atomic E-state index is 11.9. The minimum absolute atomic E-state index is 0.129. The highest BCUT2D eigenvalue weighted by Gasteiger charge is 2.29. The van der Waals surface area contributed by atoms with Crippen LogP contribution in [0, 0.1) is 0 Å². The van der Waals surface area contributed by atoms with Crippen LogP contribution in [0.1, 0.15) is 18.1 Å². The smallest absolute Gasteiger partial charge is 0.286 e. The summed E-state index contributed by atoms with van der Waals surface area (Å²) in [4.78, 5) is 0.195. The van der Waals surface area contributed by atoms with Crippen molar-refractivity contribution in [1.82, 2.24) is 0 Å². The molecule has 0 atom stereocenters. The molecule has 1 heterocycles. The van der Waals surface area contributed by atoms with Crippen LogP contribution in [0.15, 0.2) is 57.8 Å². The molecule has 0 aromatic heterocycles. The van der Waals surface area contributed by atoms with Crippen molar-refractivity contribution in [1.29, 1.82) is 0 Å². The van der Waals surface area contributed by atoms with Gasteiger partial charge in [0.2, 0.25) is 5.90 Å². The summed E-state index contributed by atoms with van der Waals surface area (Å²) in [5.74, 6) is 0.706. The Hall–Kier alpha value is -2.14. The molecule has 0 N–H and O–H groups in total. The van der Waals surface area contributed by atoms with Crippen molar-refractivity contribution in [2.24, 2.45) is 4.40 Å². The molecule has 0 saturated carbocycles. The summed E-state index contributed by atoms with van der Waals surface area (Å²) >= 11 is 0. The largest absolute Gasteiger partial charge is 0.438 e. The third-order valence-electron chi connectivity index (χ3n) is 3.14. The van der Waals surface area contributed by atoms with Gasteiger partial charge in [-0.3, -0.25) is 0 Å². The van der Waals surface area contributed by atoms with E-state index in [1.165, 1.54) is 11.6 Å². The van der Waals surface area contributed by atoms with E-state index in [4.69, 9.17) is 4.74 Å². The highest BCUT2D eigenvalue weighted by atomic mass is 32.2. The van der Waals surface area contributed by atoms with Gasteiger partial charge >= 0.3 is 0 Å². The highest BCUT2D eigenvalue weighted by molar-refractivity contribution is 7.90. The molecular weight excluding hydrogens is 274 g/mol. The molecule has 3 rings (SSSR count). The van der Waals surface area contributed by atoms with E-state index in [9.17, 15) is 8.42 Å². The zero-order valence-corrected chi connectivity index (χ0v) is 11.7. The Balaban J connectivity index is 1.95. The highest BCUT2D eigenvalue weighted by Crippen LogP contribution is 2.27. The standard InChI is InChI=1S/C15H13NO3S/c1-2-11-7-9-12(10-8-11)19-15-13-5-3-4-6-14(13)20(17,18)16-15/h3-10H,2H2,1H3. The molecule has 0 amide bonds. The Morgan fingerprint density at radius 3 is 2.45 bits per heavy atom. The molecule has 0 unspecified atom stereocenters. The minimum Gasteiger partial charge on any atom is -0.438 e. The number of benzene rings is 2. The minimum atomic E-state index is -3.62. The first kappa shape index (κ1) is 12.9. The summed E-state index contributed by atoms with van der Waals surface area (Å²) in [6.45, 7) is 2.07. The van der Waals surface area contributed by atoms with E-state index >= 15 is 0 Å². The zero-order chi connectivity index (χ0) is 14.2. The Kier molecular flexibility index (Phi) is 3.06. The molecule has 5 heteroatoms. The predicted molar refractivity (Wildman–Crippen MR) is 76.6 cm³/mol. The van der Waals surface area contributed by atoms with Gasteiger partial charge < -0.3 is 4.74 Å². The molecule has 4 nitrogen and oxygen atoms in total. The SMILES string of the molecule is CCc1ccc(OC2=NS(=O)(=O)c3ccccc32)cc1. The number of sulfonamides is 1. The molecule has 2 aromatic rings. The number of hydrogen-bond donors (Lipinski definition) is 0. The van der Waals surface area contributed by atoms with E-state index in [1.54, 1.807) is 18.2 Å². The molecule has 1 aliphatic rings. The molecule has 1 aliphatic heterocycles. The molecule has 0 spiro atoms. The fraction of sp³-hybridized carbons (Fsp3) is 0.133. The first-order valence-electron chi connectivity index (χ1n) is 6.31. The van der Waals surface area contributed by atoms with Gasteiger partial charge in [-0.1, -0.05) is 31.2 Å². The summed E-state index contributed by atoms with van der Waals surface area (Å²) in [6.07, 6.45) is 0.943. The van der Waals surface area contributed by atoms with Gasteiger partial charge in [0, 0.05) is 0 Å². The Bertz CT molecular complexity index is 777. The zero-order valence-electron chi connectivity index (χ0n) is 10.9. The van der Waals surface area contributed by atoms with Gasteiger partial charge in [-0.2, -0.15) is 8.42 Å². The van der Waals surface area contributed by atoms with Crippen molar-refractivity contribution in [3.05, 3.63) is 59.7 Å². The van der Waals surface area contributed by atoms with Crippen LogP contribution in [-0.4, -0.2) is 14.3 Å². The number of ether oxygens (including phenoxy) is 1. The number of hydrogen-bond acceptors (Lipinski definition) is 3. The lowest BCUT2D eigenvalue weighted by Gasteiger charge is -2.06. The predicted octanol–water partition coefficient (Wildman–Crippen LogP) is 2.78. The molecule has 0 bridgehead atoms. The van der Waals surface area contributed by atoms with E-state index in [0.717, 1.165) is 6.42 Å². The average molecular weight is 287 g/mol. The second kappa shape index (κ2) is 4.76. The number of fused-ring (bicyclic) bond motifs is 1. The molecular formula is C15H13NO3S. The number of aryl methyl sites for hydroxylation is 1. The quantitative estimate of drug-likeness (QED) is 0.853. The van der Waals surface area contributed by atoms with Crippen LogP contribution in [0.2, 0.25) is 0 Å². The van der Waals surface area contributed by atoms with E-state index in [1.807, 2.05) is 24.3 Å². The first-order chi connectivity index (χ1) is 9.60. The van der Waals surface area contributed by atoms with E-state index in [2.05, 4.69) is 11.3 Å². The Labute approximate surface area is 117 Å². The summed E-state index contributed by atoms with van der Waals surface area (Å²) in [5, 5.41) is 0. The molecule has 0 saturated heterocycles. The topological polar surface area (TPSA) is 55.7 Å². The lowest BCUT2D eigenvalue weighted by molar-refractivity contribution is 0.553. The van der Waals surface area contributed by atoms with Crippen LogP contribution in [0.25, 0.3) is 0 Å². The maximum atomic E-state index is 11.9. The lowest BCUT2D eigenvalue weighted by atomic mass is 10.2. The molecule has 0 radical (unpaired) electrons. The van der Waals surface area contributed by atoms with Crippen LogP contribution in [0.5, 0.6) is 5.75 Å². The molecule has 2 aromatic carbocycles. The Morgan fingerprint density at radius 2 is 1.75 bits per heavy atom. The van der Waals surface area contributed by atoms with Gasteiger partial charge in [-0.05, 0) is 36.2 Å². The van der Waals surface area contributed by atoms with Crippen LogP contribution in [0.3, 0.4) is 0 Å². The summed E-state index contributed by atoms with van der Waals surface area (Å²) in [5.41, 5.74) is 1.70. The van der Waals surface area contributed by atoms with Crippen LogP contribution >= 0.6 is 0 Å². The van der Waals surface area contributed by atoms with Crippen LogP contribution in [0.4, 0.5) is 0 Å². The van der Waals surface area contributed by atoms with Gasteiger partial charge in [0.25, 0.3) is 10.0 Å². The van der Waals surface area contributed by atoms with E-state index in [-0.39, 0.29) is 10.8 Å². The molecule has 0 aliphatic carbocycles.